The zero-order valence-corrected chi connectivity index (χ0v) is 19.9. The third-order valence-corrected chi connectivity index (χ3v) is 8.27. The first-order valence-electron chi connectivity index (χ1n) is 11.7. The predicted molar refractivity (Wildman–Crippen MR) is 113 cm³/mol. The van der Waals surface area contributed by atoms with Gasteiger partial charge in [0.05, 0.1) is 11.7 Å². The first kappa shape index (κ1) is 28.4. The molecule has 0 aromatic carbocycles. The molecule has 0 spiro atoms. The maximum Gasteiger partial charge on any atom is 0.429 e. The molecule has 3 nitrogen and oxygen atoms in total. The fourth-order valence-electron chi connectivity index (χ4n) is 6.49. The molecule has 2 unspecified atom stereocenters. The Morgan fingerprint density at radius 3 is 2.00 bits per heavy atom. The first-order chi connectivity index (χ1) is 14.8. The molecule has 0 radical (unpaired) electrons. The summed E-state index contributed by atoms with van der Waals surface area (Å²) in [6.45, 7) is 7.27. The van der Waals surface area contributed by atoms with E-state index in [1.165, 1.54) is 0 Å². The molecule has 194 valence electrons. The fraction of sp³-hybridized carbons (Fsp3) is 0.917. The van der Waals surface area contributed by atoms with Gasteiger partial charge in [0, 0.05) is 0 Å². The van der Waals surface area contributed by atoms with E-state index in [9.17, 15) is 41.7 Å². The SMILES string of the molecule is CC(C)(O)CCC[C@](C)(C/C=C\C(O)(C(F)(F)F)C(F)(F)F)C1CCC2[C@@H](O)CCC[C@@]21C. The number of aliphatic hydroxyl groups is 3. The molecule has 2 fully saturated rings. The number of alkyl halides is 6. The Balaban J connectivity index is 2.35. The smallest absolute Gasteiger partial charge is 0.393 e. The van der Waals surface area contributed by atoms with Gasteiger partial charge in [-0.25, -0.2) is 0 Å². The molecule has 0 aliphatic heterocycles. The highest BCUT2D eigenvalue weighted by molar-refractivity contribution is 5.13. The van der Waals surface area contributed by atoms with Gasteiger partial charge in [0.25, 0.3) is 5.60 Å². The number of allylic oxidation sites excluding steroid dienone is 1. The van der Waals surface area contributed by atoms with Crippen LogP contribution in [0.15, 0.2) is 12.2 Å². The Morgan fingerprint density at radius 2 is 1.48 bits per heavy atom. The quantitative estimate of drug-likeness (QED) is 0.277. The maximum absolute atomic E-state index is 13.1. The van der Waals surface area contributed by atoms with E-state index >= 15 is 0 Å². The number of aliphatic hydroxyl groups excluding tert-OH is 1. The predicted octanol–water partition coefficient (Wildman–Crippen LogP) is 6.31. The highest BCUT2D eigenvalue weighted by Gasteiger charge is 2.69. The molecule has 2 saturated carbocycles. The first-order valence-corrected chi connectivity index (χ1v) is 11.7. The van der Waals surface area contributed by atoms with Crippen LogP contribution in [0.4, 0.5) is 26.3 Å². The Hall–Kier alpha value is -0.800. The van der Waals surface area contributed by atoms with Crippen LogP contribution >= 0.6 is 0 Å². The van der Waals surface area contributed by atoms with Gasteiger partial charge >= 0.3 is 12.4 Å². The number of hydrogen-bond donors (Lipinski definition) is 3. The standard InChI is InChI=1S/C24H38F6O3/c1-19(2,32)11-6-12-20(3,13-7-15-22(33,23(25,26)27)24(28,29)30)18-10-9-16-17(31)8-5-14-21(16,18)4/h7,15-18,31-33H,5-6,8-14H2,1-4H3/b15-7-/t16?,17-,18?,20+,21-/m0/s1. The van der Waals surface area contributed by atoms with Crippen LogP contribution in [0.3, 0.4) is 0 Å². The Labute approximate surface area is 192 Å². The van der Waals surface area contributed by atoms with Crippen molar-refractivity contribution in [1.82, 2.24) is 0 Å². The Morgan fingerprint density at radius 1 is 0.909 bits per heavy atom. The van der Waals surface area contributed by atoms with Crippen LogP contribution in [0.5, 0.6) is 0 Å². The van der Waals surface area contributed by atoms with Gasteiger partial charge in [-0.2, -0.15) is 26.3 Å². The van der Waals surface area contributed by atoms with Crippen molar-refractivity contribution in [3.63, 3.8) is 0 Å². The fourth-order valence-corrected chi connectivity index (χ4v) is 6.49. The largest absolute Gasteiger partial charge is 0.429 e. The van der Waals surface area contributed by atoms with Crippen molar-refractivity contribution in [3.05, 3.63) is 12.2 Å². The van der Waals surface area contributed by atoms with E-state index in [1.807, 2.05) is 6.92 Å². The molecule has 0 saturated heterocycles. The summed E-state index contributed by atoms with van der Waals surface area (Å²) in [5.41, 5.74) is -6.76. The highest BCUT2D eigenvalue weighted by atomic mass is 19.4. The molecule has 9 heteroatoms. The Kier molecular flexibility index (Phi) is 8.05. The lowest BCUT2D eigenvalue weighted by molar-refractivity contribution is -0.347. The minimum absolute atomic E-state index is 0.0127. The number of rotatable bonds is 8. The van der Waals surface area contributed by atoms with E-state index in [0.29, 0.717) is 25.7 Å². The summed E-state index contributed by atoms with van der Waals surface area (Å²) in [5.74, 6) is 0.0393. The molecule has 3 N–H and O–H groups in total. The van der Waals surface area contributed by atoms with Crippen molar-refractivity contribution in [2.24, 2.45) is 22.7 Å². The van der Waals surface area contributed by atoms with Gasteiger partial charge in [-0.3, -0.25) is 0 Å². The second kappa shape index (κ2) is 9.34. The second-order valence-electron chi connectivity index (χ2n) is 11.4. The van der Waals surface area contributed by atoms with Gasteiger partial charge in [0.15, 0.2) is 0 Å². The summed E-state index contributed by atoms with van der Waals surface area (Å²) in [7, 11) is 0. The average Bonchev–Trinajstić information content (AvgIpc) is 2.97. The van der Waals surface area contributed by atoms with Crippen LogP contribution in [-0.4, -0.2) is 45.0 Å². The molecular formula is C24H38F6O3. The van der Waals surface area contributed by atoms with E-state index in [2.05, 4.69) is 6.92 Å². The van der Waals surface area contributed by atoms with Gasteiger partial charge in [0.1, 0.15) is 0 Å². The third kappa shape index (κ3) is 5.89. The summed E-state index contributed by atoms with van der Waals surface area (Å²) in [4.78, 5) is 0. The van der Waals surface area contributed by atoms with Crippen LogP contribution in [0, 0.1) is 22.7 Å². The van der Waals surface area contributed by atoms with Crippen molar-refractivity contribution < 1.29 is 41.7 Å². The lowest BCUT2D eigenvalue weighted by Crippen LogP contribution is -2.55. The summed E-state index contributed by atoms with van der Waals surface area (Å²) < 4.78 is 78.6. The van der Waals surface area contributed by atoms with Crippen LogP contribution in [0.25, 0.3) is 0 Å². The molecule has 0 amide bonds. The zero-order chi connectivity index (χ0) is 25.5. The van der Waals surface area contributed by atoms with Crippen LogP contribution in [0.1, 0.15) is 85.5 Å². The van der Waals surface area contributed by atoms with E-state index in [0.717, 1.165) is 31.8 Å². The summed E-state index contributed by atoms with van der Waals surface area (Å²) in [5, 5.41) is 30.1. The van der Waals surface area contributed by atoms with E-state index in [4.69, 9.17) is 0 Å². The molecule has 0 aromatic heterocycles. The maximum atomic E-state index is 13.1. The van der Waals surface area contributed by atoms with Crippen molar-refractivity contribution in [2.45, 2.75) is 115 Å². The van der Waals surface area contributed by atoms with Gasteiger partial charge in [-0.05, 0) is 87.5 Å². The van der Waals surface area contributed by atoms with Gasteiger partial charge in [-0.15, -0.1) is 0 Å². The van der Waals surface area contributed by atoms with E-state index in [-0.39, 0.29) is 29.7 Å². The van der Waals surface area contributed by atoms with Crippen molar-refractivity contribution in [2.75, 3.05) is 0 Å². The number of halogens is 6. The normalized spacial score (nSPS) is 31.6. The molecule has 0 aromatic rings. The van der Waals surface area contributed by atoms with Crippen molar-refractivity contribution in [3.8, 4) is 0 Å². The molecule has 5 atom stereocenters. The second-order valence-corrected chi connectivity index (χ2v) is 11.4. The minimum Gasteiger partial charge on any atom is -0.393 e. The van der Waals surface area contributed by atoms with Gasteiger partial charge in [-0.1, -0.05) is 32.8 Å². The molecule has 2 aliphatic rings. The minimum atomic E-state index is -5.89. The van der Waals surface area contributed by atoms with E-state index < -0.39 is 35.1 Å². The zero-order valence-electron chi connectivity index (χ0n) is 19.9. The highest BCUT2D eigenvalue weighted by Crippen LogP contribution is 2.62. The van der Waals surface area contributed by atoms with Crippen LogP contribution in [0.2, 0.25) is 0 Å². The molecule has 2 rings (SSSR count). The van der Waals surface area contributed by atoms with Crippen molar-refractivity contribution >= 4 is 0 Å². The van der Waals surface area contributed by atoms with Crippen LogP contribution in [-0.2, 0) is 0 Å². The van der Waals surface area contributed by atoms with Gasteiger partial charge < -0.3 is 15.3 Å². The molecular weight excluding hydrogens is 450 g/mol. The number of hydrogen-bond acceptors (Lipinski definition) is 3. The summed E-state index contributed by atoms with van der Waals surface area (Å²) in [6.07, 6.45) is -6.29. The van der Waals surface area contributed by atoms with Crippen LogP contribution < -0.4 is 0 Å². The lowest BCUT2D eigenvalue weighted by Gasteiger charge is -2.50. The molecule has 0 heterocycles. The number of fused-ring (bicyclic) bond motifs is 1. The Bertz CT molecular complexity index is 682. The summed E-state index contributed by atoms with van der Waals surface area (Å²) >= 11 is 0. The third-order valence-electron chi connectivity index (χ3n) is 8.27. The molecule has 33 heavy (non-hydrogen) atoms. The van der Waals surface area contributed by atoms with Crippen molar-refractivity contribution in [1.29, 1.82) is 0 Å². The van der Waals surface area contributed by atoms with E-state index in [1.54, 1.807) is 13.8 Å². The molecule has 0 bridgehead atoms. The molecule has 2 aliphatic carbocycles. The topological polar surface area (TPSA) is 60.7 Å². The monoisotopic (exact) mass is 488 g/mol. The van der Waals surface area contributed by atoms with Gasteiger partial charge in [0.2, 0.25) is 0 Å². The lowest BCUT2D eigenvalue weighted by atomic mass is 9.56. The summed E-state index contributed by atoms with van der Waals surface area (Å²) in [6, 6.07) is 0. The average molecular weight is 489 g/mol.